The molecule has 1 N–H and O–H groups in total. The molecule has 0 unspecified atom stereocenters. The number of likely N-dealkylation sites (tertiary alicyclic amines) is 1. The van der Waals surface area contributed by atoms with Crippen molar-refractivity contribution in [2.24, 2.45) is 5.92 Å². The van der Waals surface area contributed by atoms with Crippen LogP contribution >= 0.6 is 0 Å². The van der Waals surface area contributed by atoms with Crippen molar-refractivity contribution < 1.29 is 4.79 Å². The Bertz CT molecular complexity index is 228. The van der Waals surface area contributed by atoms with Crippen molar-refractivity contribution in [2.75, 3.05) is 26.2 Å². The van der Waals surface area contributed by atoms with Gasteiger partial charge in [-0.25, -0.2) is 0 Å². The highest BCUT2D eigenvalue weighted by molar-refractivity contribution is 5.76. The van der Waals surface area contributed by atoms with E-state index >= 15 is 0 Å². The van der Waals surface area contributed by atoms with Gasteiger partial charge in [-0.15, -0.1) is 0 Å². The van der Waals surface area contributed by atoms with Gasteiger partial charge in [-0.05, 0) is 51.1 Å². The number of rotatable bonds is 3. The number of piperidine rings is 1. The lowest BCUT2D eigenvalue weighted by atomic mass is 9.93. The van der Waals surface area contributed by atoms with Gasteiger partial charge in [0.25, 0.3) is 0 Å². The molecule has 0 spiro atoms. The van der Waals surface area contributed by atoms with Crippen molar-refractivity contribution in [2.45, 2.75) is 51.4 Å². The van der Waals surface area contributed by atoms with Crippen LogP contribution in [0.25, 0.3) is 0 Å². The average molecular weight is 238 g/mol. The molecule has 3 nitrogen and oxygen atoms in total. The highest BCUT2D eigenvalue weighted by Crippen LogP contribution is 2.19. The van der Waals surface area contributed by atoms with E-state index < -0.39 is 0 Å². The van der Waals surface area contributed by atoms with Crippen LogP contribution in [-0.2, 0) is 4.79 Å². The first-order chi connectivity index (χ1) is 8.36. The molecule has 0 radical (unpaired) electrons. The number of carbonyl (C=O) groups excluding carboxylic acids is 1. The molecule has 0 aromatic carbocycles. The highest BCUT2D eigenvalue weighted by Gasteiger charge is 2.18. The summed E-state index contributed by atoms with van der Waals surface area (Å²) in [5.74, 6) is 1.19. The van der Waals surface area contributed by atoms with E-state index in [-0.39, 0.29) is 0 Å². The molecule has 0 saturated carbocycles. The minimum absolute atomic E-state index is 0.408. The van der Waals surface area contributed by atoms with E-state index in [0.717, 1.165) is 44.9 Å². The molecule has 0 atom stereocenters. The molecule has 2 fully saturated rings. The summed E-state index contributed by atoms with van der Waals surface area (Å²) in [4.78, 5) is 14.2. The summed E-state index contributed by atoms with van der Waals surface area (Å²) < 4.78 is 0. The van der Waals surface area contributed by atoms with Gasteiger partial charge < -0.3 is 10.2 Å². The Kier molecular flexibility index (Phi) is 5.30. The average Bonchev–Trinajstić information content (AvgIpc) is 2.66. The number of carbonyl (C=O) groups is 1. The Morgan fingerprint density at radius 3 is 2.35 bits per heavy atom. The van der Waals surface area contributed by atoms with Crippen molar-refractivity contribution in [3.63, 3.8) is 0 Å². The zero-order chi connectivity index (χ0) is 11.9. The van der Waals surface area contributed by atoms with Gasteiger partial charge in [0.05, 0.1) is 0 Å². The molecule has 0 bridgehead atoms. The van der Waals surface area contributed by atoms with E-state index in [9.17, 15) is 4.79 Å². The summed E-state index contributed by atoms with van der Waals surface area (Å²) in [6.45, 7) is 4.29. The molecule has 0 aliphatic carbocycles. The molecular formula is C14H26N2O. The molecule has 3 heteroatoms. The van der Waals surface area contributed by atoms with E-state index in [1.54, 1.807) is 0 Å². The molecule has 2 aliphatic heterocycles. The lowest BCUT2D eigenvalue weighted by molar-refractivity contribution is -0.131. The predicted octanol–water partition coefficient (Wildman–Crippen LogP) is 2.17. The first-order valence-corrected chi connectivity index (χ1v) is 7.35. The minimum Gasteiger partial charge on any atom is -0.343 e. The van der Waals surface area contributed by atoms with E-state index in [1.165, 1.54) is 38.5 Å². The fourth-order valence-electron chi connectivity index (χ4n) is 2.98. The van der Waals surface area contributed by atoms with Gasteiger partial charge in [0.15, 0.2) is 0 Å². The maximum Gasteiger partial charge on any atom is 0.222 e. The molecule has 2 rings (SSSR count). The van der Waals surface area contributed by atoms with Gasteiger partial charge >= 0.3 is 0 Å². The second-order valence-corrected chi connectivity index (χ2v) is 5.53. The lowest BCUT2D eigenvalue weighted by Crippen LogP contribution is -2.33. The summed E-state index contributed by atoms with van der Waals surface area (Å²) in [7, 11) is 0. The molecule has 1 amide bonds. The van der Waals surface area contributed by atoms with Crippen LogP contribution in [0, 0.1) is 5.92 Å². The topological polar surface area (TPSA) is 32.3 Å². The van der Waals surface area contributed by atoms with Crippen molar-refractivity contribution in [1.29, 1.82) is 0 Å². The smallest absolute Gasteiger partial charge is 0.222 e. The number of hydrogen-bond acceptors (Lipinski definition) is 2. The minimum atomic E-state index is 0.408. The Balaban J connectivity index is 1.68. The van der Waals surface area contributed by atoms with Crippen molar-refractivity contribution in [1.82, 2.24) is 10.2 Å². The summed E-state index contributed by atoms with van der Waals surface area (Å²) in [6.07, 6.45) is 9.43. The SMILES string of the molecule is O=C(CCC1CCNCC1)N1CCCCCC1. The van der Waals surface area contributed by atoms with Crippen molar-refractivity contribution in [3.05, 3.63) is 0 Å². The van der Waals surface area contributed by atoms with Gasteiger partial charge in [0.1, 0.15) is 0 Å². The van der Waals surface area contributed by atoms with E-state index in [0.29, 0.717) is 5.91 Å². The standard InChI is InChI=1S/C14H26N2O/c17-14(16-11-3-1-2-4-12-16)6-5-13-7-9-15-10-8-13/h13,15H,1-12H2. The Morgan fingerprint density at radius 2 is 1.71 bits per heavy atom. The summed E-state index contributed by atoms with van der Waals surface area (Å²) in [6, 6.07) is 0. The van der Waals surface area contributed by atoms with Crippen LogP contribution in [0.4, 0.5) is 0 Å². The molecule has 0 aromatic heterocycles. The van der Waals surface area contributed by atoms with Gasteiger partial charge in [0.2, 0.25) is 5.91 Å². The van der Waals surface area contributed by atoms with Crippen molar-refractivity contribution in [3.8, 4) is 0 Å². The van der Waals surface area contributed by atoms with Crippen LogP contribution in [-0.4, -0.2) is 37.0 Å². The number of amides is 1. The predicted molar refractivity (Wildman–Crippen MR) is 69.9 cm³/mol. The fraction of sp³-hybridized carbons (Fsp3) is 0.929. The van der Waals surface area contributed by atoms with Gasteiger partial charge in [-0.2, -0.15) is 0 Å². The molecule has 2 aliphatic rings. The summed E-state index contributed by atoms with van der Waals surface area (Å²) in [5.41, 5.74) is 0. The Morgan fingerprint density at radius 1 is 1.06 bits per heavy atom. The lowest BCUT2D eigenvalue weighted by Gasteiger charge is -2.24. The normalized spacial score (nSPS) is 23.4. The fourth-order valence-corrected chi connectivity index (χ4v) is 2.98. The third-order valence-electron chi connectivity index (χ3n) is 4.18. The molecule has 0 aromatic rings. The Labute approximate surface area is 105 Å². The monoisotopic (exact) mass is 238 g/mol. The second-order valence-electron chi connectivity index (χ2n) is 5.53. The third kappa shape index (κ3) is 4.30. The van der Waals surface area contributed by atoms with Gasteiger partial charge in [-0.1, -0.05) is 12.8 Å². The maximum atomic E-state index is 12.1. The zero-order valence-corrected chi connectivity index (χ0v) is 10.9. The number of nitrogens with one attached hydrogen (secondary N) is 1. The van der Waals surface area contributed by atoms with E-state index in [1.807, 2.05) is 0 Å². The molecule has 2 heterocycles. The van der Waals surface area contributed by atoms with Crippen molar-refractivity contribution >= 4 is 5.91 Å². The largest absolute Gasteiger partial charge is 0.343 e. The van der Waals surface area contributed by atoms with E-state index in [2.05, 4.69) is 10.2 Å². The zero-order valence-electron chi connectivity index (χ0n) is 10.9. The van der Waals surface area contributed by atoms with Crippen LogP contribution in [0.3, 0.4) is 0 Å². The van der Waals surface area contributed by atoms with Crippen LogP contribution in [0.2, 0.25) is 0 Å². The quantitative estimate of drug-likeness (QED) is 0.817. The molecule has 98 valence electrons. The van der Waals surface area contributed by atoms with Gasteiger partial charge in [-0.3, -0.25) is 4.79 Å². The van der Waals surface area contributed by atoms with E-state index in [4.69, 9.17) is 0 Å². The third-order valence-corrected chi connectivity index (χ3v) is 4.18. The van der Waals surface area contributed by atoms with Crippen LogP contribution in [0.15, 0.2) is 0 Å². The van der Waals surface area contributed by atoms with Crippen LogP contribution in [0.5, 0.6) is 0 Å². The first-order valence-electron chi connectivity index (χ1n) is 7.35. The Hall–Kier alpha value is -0.570. The van der Waals surface area contributed by atoms with Crippen LogP contribution < -0.4 is 5.32 Å². The van der Waals surface area contributed by atoms with Gasteiger partial charge in [0, 0.05) is 19.5 Å². The maximum absolute atomic E-state index is 12.1. The number of hydrogen-bond donors (Lipinski definition) is 1. The molecule has 2 saturated heterocycles. The molecule has 17 heavy (non-hydrogen) atoms. The van der Waals surface area contributed by atoms with Crippen LogP contribution in [0.1, 0.15) is 51.4 Å². The summed E-state index contributed by atoms with van der Waals surface area (Å²) in [5, 5.41) is 3.38. The number of nitrogens with zero attached hydrogens (tertiary/aromatic N) is 1. The first kappa shape index (κ1) is 12.9. The highest BCUT2D eigenvalue weighted by atomic mass is 16.2. The summed E-state index contributed by atoms with van der Waals surface area (Å²) >= 11 is 0. The molecular weight excluding hydrogens is 212 g/mol. The second kappa shape index (κ2) is 7.00.